The molecule has 2 aromatic carbocycles. The van der Waals surface area contributed by atoms with E-state index in [4.69, 9.17) is 16.0 Å². The molecule has 0 aromatic heterocycles. The number of rotatable bonds is 3. The van der Waals surface area contributed by atoms with Gasteiger partial charge in [0.25, 0.3) is 0 Å². The maximum atomic E-state index is 10.8. The van der Waals surface area contributed by atoms with E-state index < -0.39 is 10.0 Å². The lowest BCUT2D eigenvalue weighted by atomic mass is 10.2. The van der Waals surface area contributed by atoms with Gasteiger partial charge in [0.15, 0.2) is 0 Å². The van der Waals surface area contributed by atoms with E-state index in [-0.39, 0.29) is 17.2 Å². The highest BCUT2D eigenvalue weighted by atomic mass is 32.2. The number of nitrogen functional groups attached to an aromatic ring is 1. The number of hydrogen-bond donors (Lipinski definition) is 3. The fourth-order valence-electron chi connectivity index (χ4n) is 1.51. The van der Waals surface area contributed by atoms with E-state index in [1.807, 2.05) is 30.3 Å². The molecule has 2 aromatic rings. The van der Waals surface area contributed by atoms with Gasteiger partial charge >= 0.3 is 0 Å². The van der Waals surface area contributed by atoms with Gasteiger partial charge in [-0.3, -0.25) is 0 Å². The summed E-state index contributed by atoms with van der Waals surface area (Å²) in [6.07, 6.45) is 0.765. The minimum absolute atomic E-state index is 0.0278. The quantitative estimate of drug-likeness (QED) is 0.738. The number of hydrogen-bond acceptors (Lipinski definition) is 4. The molecule has 0 saturated heterocycles. The Morgan fingerprint density at radius 2 is 1.50 bits per heavy atom. The molecule has 0 saturated carbocycles. The van der Waals surface area contributed by atoms with Crippen LogP contribution in [-0.2, 0) is 16.4 Å². The van der Waals surface area contributed by atoms with E-state index in [2.05, 4.69) is 0 Å². The van der Waals surface area contributed by atoms with Crippen LogP contribution >= 0.6 is 0 Å². The molecule has 0 aliphatic carbocycles. The second kappa shape index (κ2) is 7.64. The van der Waals surface area contributed by atoms with Crippen molar-refractivity contribution in [3.05, 3.63) is 60.2 Å². The van der Waals surface area contributed by atoms with Crippen LogP contribution in [-0.4, -0.2) is 20.1 Å². The Morgan fingerprint density at radius 1 is 0.950 bits per heavy atom. The van der Waals surface area contributed by atoms with Crippen molar-refractivity contribution in [1.82, 2.24) is 0 Å². The molecule has 5 N–H and O–H groups in total. The Bertz CT molecular complexity index is 628. The third-order valence-electron chi connectivity index (χ3n) is 2.47. The first kappa shape index (κ1) is 16.2. The molecule has 2 rings (SSSR count). The summed E-state index contributed by atoms with van der Waals surface area (Å²) >= 11 is 0. The van der Waals surface area contributed by atoms with Crippen LogP contribution in [0.2, 0.25) is 0 Å². The SMILES string of the molecule is Nc1ccccc1S(N)(=O)=O.OCCc1ccccc1. The van der Waals surface area contributed by atoms with Crippen LogP contribution in [0.4, 0.5) is 5.69 Å². The van der Waals surface area contributed by atoms with Gasteiger partial charge in [-0.2, -0.15) is 0 Å². The van der Waals surface area contributed by atoms with Crippen molar-refractivity contribution in [3.63, 3.8) is 0 Å². The molecule has 0 spiro atoms. The molecular weight excluding hydrogens is 276 g/mol. The first-order valence-electron chi connectivity index (χ1n) is 5.97. The average Bonchev–Trinajstić information content (AvgIpc) is 2.40. The van der Waals surface area contributed by atoms with E-state index >= 15 is 0 Å². The Labute approximate surface area is 118 Å². The summed E-state index contributed by atoms with van der Waals surface area (Å²) in [5.41, 5.74) is 6.72. The molecule has 0 aliphatic heterocycles. The van der Waals surface area contributed by atoms with Crippen molar-refractivity contribution in [2.45, 2.75) is 11.3 Å². The van der Waals surface area contributed by atoms with Crippen molar-refractivity contribution in [2.75, 3.05) is 12.3 Å². The average molecular weight is 294 g/mol. The Morgan fingerprint density at radius 3 is 1.95 bits per heavy atom. The second-order valence-corrected chi connectivity index (χ2v) is 5.57. The van der Waals surface area contributed by atoms with Crippen LogP contribution < -0.4 is 10.9 Å². The van der Waals surface area contributed by atoms with E-state index in [9.17, 15) is 8.42 Å². The largest absolute Gasteiger partial charge is 0.398 e. The van der Waals surface area contributed by atoms with Gasteiger partial charge in [-0.25, -0.2) is 13.6 Å². The van der Waals surface area contributed by atoms with Crippen LogP contribution in [0.25, 0.3) is 0 Å². The van der Waals surface area contributed by atoms with Crippen LogP contribution in [0.1, 0.15) is 5.56 Å². The molecule has 0 amide bonds. The maximum absolute atomic E-state index is 10.8. The first-order valence-corrected chi connectivity index (χ1v) is 7.52. The molecule has 20 heavy (non-hydrogen) atoms. The van der Waals surface area contributed by atoms with Gasteiger partial charge < -0.3 is 10.8 Å². The summed E-state index contributed by atoms with van der Waals surface area (Å²) < 4.78 is 21.5. The summed E-state index contributed by atoms with van der Waals surface area (Å²) in [7, 11) is -3.66. The van der Waals surface area contributed by atoms with Gasteiger partial charge in [-0.15, -0.1) is 0 Å². The highest BCUT2D eigenvalue weighted by Gasteiger charge is 2.09. The number of benzene rings is 2. The summed E-state index contributed by atoms with van der Waals surface area (Å²) in [6.45, 7) is 0.240. The molecule has 0 bridgehead atoms. The topological polar surface area (TPSA) is 106 Å². The van der Waals surface area contributed by atoms with Crippen LogP contribution in [0.5, 0.6) is 0 Å². The third kappa shape index (κ3) is 5.40. The van der Waals surface area contributed by atoms with Gasteiger partial charge in [0, 0.05) is 6.61 Å². The third-order valence-corrected chi connectivity index (χ3v) is 3.45. The van der Waals surface area contributed by atoms with Crippen molar-refractivity contribution >= 4 is 15.7 Å². The molecule has 5 nitrogen and oxygen atoms in total. The van der Waals surface area contributed by atoms with Gasteiger partial charge in [-0.05, 0) is 24.1 Å². The van der Waals surface area contributed by atoms with Gasteiger partial charge in [0.05, 0.1) is 5.69 Å². The van der Waals surface area contributed by atoms with E-state index in [0.29, 0.717) is 0 Å². The normalized spacial score (nSPS) is 10.5. The first-order chi connectivity index (χ1) is 9.45. The smallest absolute Gasteiger partial charge is 0.240 e. The zero-order valence-electron chi connectivity index (χ0n) is 10.9. The molecule has 0 aliphatic rings. The number of sulfonamides is 1. The molecule has 0 atom stereocenters. The molecule has 108 valence electrons. The molecule has 0 heterocycles. The minimum atomic E-state index is -3.66. The van der Waals surface area contributed by atoms with Crippen LogP contribution in [0, 0.1) is 0 Å². The van der Waals surface area contributed by atoms with Gasteiger partial charge in [0.2, 0.25) is 10.0 Å². The number of para-hydroxylation sites is 1. The number of anilines is 1. The summed E-state index contributed by atoms with van der Waals surface area (Å²) in [6, 6.07) is 16.0. The number of nitrogens with two attached hydrogens (primary N) is 2. The lowest BCUT2D eigenvalue weighted by Gasteiger charge is -2.00. The molecule has 0 radical (unpaired) electrons. The standard InChI is InChI=1S/C8H10O.C6H8N2O2S/c9-7-6-8-4-2-1-3-5-8;7-5-3-1-2-4-6(5)11(8,9)10/h1-5,9H,6-7H2;1-4H,7H2,(H2,8,9,10). The Hall–Kier alpha value is -1.89. The molecule has 6 heteroatoms. The predicted octanol–water partition coefficient (Wildman–Crippen LogP) is 1.14. The van der Waals surface area contributed by atoms with E-state index in [0.717, 1.165) is 6.42 Å². The number of primary sulfonamides is 1. The highest BCUT2D eigenvalue weighted by molar-refractivity contribution is 7.89. The van der Waals surface area contributed by atoms with Crippen molar-refractivity contribution in [3.8, 4) is 0 Å². The predicted molar refractivity (Wildman–Crippen MR) is 79.5 cm³/mol. The molecular formula is C14H18N2O3S. The lowest BCUT2D eigenvalue weighted by molar-refractivity contribution is 0.299. The highest BCUT2D eigenvalue weighted by Crippen LogP contribution is 2.14. The zero-order valence-corrected chi connectivity index (χ0v) is 11.8. The second-order valence-electron chi connectivity index (χ2n) is 4.04. The number of aliphatic hydroxyl groups excluding tert-OH is 1. The molecule has 0 fully saturated rings. The molecule has 0 unspecified atom stereocenters. The Balaban J connectivity index is 0.000000204. The maximum Gasteiger partial charge on any atom is 0.240 e. The van der Waals surface area contributed by atoms with E-state index in [1.165, 1.54) is 17.7 Å². The lowest BCUT2D eigenvalue weighted by Crippen LogP contribution is -2.13. The van der Waals surface area contributed by atoms with Crippen molar-refractivity contribution in [2.24, 2.45) is 5.14 Å². The van der Waals surface area contributed by atoms with Crippen molar-refractivity contribution in [1.29, 1.82) is 0 Å². The van der Waals surface area contributed by atoms with E-state index in [1.54, 1.807) is 12.1 Å². The van der Waals surface area contributed by atoms with Crippen molar-refractivity contribution < 1.29 is 13.5 Å². The monoisotopic (exact) mass is 294 g/mol. The number of aliphatic hydroxyl groups is 1. The zero-order chi connectivity index (χ0) is 15.0. The van der Waals surface area contributed by atoms with Gasteiger partial charge in [-0.1, -0.05) is 42.5 Å². The minimum Gasteiger partial charge on any atom is -0.398 e. The van der Waals surface area contributed by atoms with Crippen LogP contribution in [0.15, 0.2) is 59.5 Å². The Kier molecular flexibility index (Phi) is 6.17. The fourth-order valence-corrected chi connectivity index (χ4v) is 2.18. The summed E-state index contributed by atoms with van der Waals surface area (Å²) in [5.74, 6) is 0. The van der Waals surface area contributed by atoms with Crippen LogP contribution in [0.3, 0.4) is 0 Å². The summed E-state index contributed by atoms with van der Waals surface area (Å²) in [4.78, 5) is -0.0278. The fraction of sp³-hybridized carbons (Fsp3) is 0.143. The van der Waals surface area contributed by atoms with Gasteiger partial charge in [0.1, 0.15) is 4.90 Å². The summed E-state index contributed by atoms with van der Waals surface area (Å²) in [5, 5.41) is 13.4.